The molecule has 2 heterocycles. The summed E-state index contributed by atoms with van der Waals surface area (Å²) in [7, 11) is 0. The first-order valence-corrected chi connectivity index (χ1v) is 10.4. The number of nitrogens with one attached hydrogen (secondary N) is 2. The molecular weight excluding hydrogens is 519 g/mol. The molecule has 0 aliphatic carbocycles. The van der Waals surface area contributed by atoms with E-state index >= 15 is 0 Å². The van der Waals surface area contributed by atoms with E-state index < -0.39 is 0 Å². The number of halogens is 2. The molecule has 10 heteroatoms. The van der Waals surface area contributed by atoms with Gasteiger partial charge in [0.2, 0.25) is 17.6 Å². The molecule has 1 aliphatic heterocycles. The van der Waals surface area contributed by atoms with Crippen molar-refractivity contribution in [3.63, 3.8) is 0 Å². The van der Waals surface area contributed by atoms with E-state index in [4.69, 9.17) is 16.1 Å². The molecule has 0 radical (unpaired) electrons. The number of hydrogen-bond donors (Lipinski definition) is 2. The fourth-order valence-corrected chi connectivity index (χ4v) is 3.31. The predicted molar refractivity (Wildman–Crippen MR) is 128 cm³/mol. The Balaban J connectivity index is 0.00000320. The lowest BCUT2D eigenvalue weighted by Crippen LogP contribution is -2.38. The van der Waals surface area contributed by atoms with Crippen LogP contribution in [0.2, 0.25) is 5.02 Å². The molecule has 0 bridgehead atoms. The first-order valence-electron chi connectivity index (χ1n) is 10.0. The zero-order valence-corrected chi connectivity index (χ0v) is 20.2. The molecule has 1 aromatic carbocycles. The molecule has 0 saturated carbocycles. The molecule has 0 atom stereocenters. The Kier molecular flexibility index (Phi) is 10.4. The van der Waals surface area contributed by atoms with Gasteiger partial charge in [0.25, 0.3) is 0 Å². The van der Waals surface area contributed by atoms with Crippen molar-refractivity contribution in [3.05, 3.63) is 35.2 Å². The van der Waals surface area contributed by atoms with Crippen LogP contribution in [-0.2, 0) is 11.2 Å². The van der Waals surface area contributed by atoms with Gasteiger partial charge < -0.3 is 20.1 Å². The molecule has 1 amide bonds. The third-order valence-corrected chi connectivity index (χ3v) is 4.79. The van der Waals surface area contributed by atoms with Gasteiger partial charge in [-0.15, -0.1) is 24.0 Å². The summed E-state index contributed by atoms with van der Waals surface area (Å²) >= 11 is 6.01. The van der Waals surface area contributed by atoms with Crippen molar-refractivity contribution in [3.8, 4) is 11.4 Å². The van der Waals surface area contributed by atoms with Gasteiger partial charge in [0, 0.05) is 56.2 Å². The van der Waals surface area contributed by atoms with Crippen molar-refractivity contribution in [2.24, 2.45) is 4.99 Å². The van der Waals surface area contributed by atoms with Crippen LogP contribution in [0.4, 0.5) is 0 Å². The Labute approximate surface area is 198 Å². The second kappa shape index (κ2) is 12.7. The van der Waals surface area contributed by atoms with Crippen LogP contribution < -0.4 is 10.6 Å². The molecule has 2 aromatic rings. The fourth-order valence-electron chi connectivity index (χ4n) is 3.12. The molecular formula is C20H28ClIN6O2. The lowest BCUT2D eigenvalue weighted by molar-refractivity contribution is -0.127. The van der Waals surface area contributed by atoms with E-state index in [1.807, 2.05) is 24.0 Å². The molecule has 8 nitrogen and oxygen atoms in total. The van der Waals surface area contributed by atoms with E-state index in [1.54, 1.807) is 12.1 Å². The highest BCUT2D eigenvalue weighted by atomic mass is 127. The van der Waals surface area contributed by atoms with Gasteiger partial charge >= 0.3 is 0 Å². The molecule has 1 fully saturated rings. The zero-order valence-electron chi connectivity index (χ0n) is 17.1. The van der Waals surface area contributed by atoms with Gasteiger partial charge in [-0.05, 0) is 31.9 Å². The maximum absolute atomic E-state index is 11.6. The summed E-state index contributed by atoms with van der Waals surface area (Å²) in [4.78, 5) is 22.5. The summed E-state index contributed by atoms with van der Waals surface area (Å²) in [5, 5.41) is 11.1. The monoisotopic (exact) mass is 546 g/mol. The van der Waals surface area contributed by atoms with Crippen molar-refractivity contribution in [1.82, 2.24) is 25.7 Å². The second-order valence-corrected chi connectivity index (χ2v) is 7.23. The number of aliphatic imine (C=N–C) groups is 1. The van der Waals surface area contributed by atoms with Crippen LogP contribution in [0.1, 0.15) is 32.1 Å². The molecule has 164 valence electrons. The van der Waals surface area contributed by atoms with E-state index in [2.05, 4.69) is 25.8 Å². The number of aromatic nitrogens is 2. The fraction of sp³-hybridized carbons (Fsp3) is 0.500. The molecule has 0 unspecified atom stereocenters. The highest BCUT2D eigenvalue weighted by Gasteiger charge is 2.18. The minimum atomic E-state index is 0. The Morgan fingerprint density at radius 3 is 2.97 bits per heavy atom. The highest BCUT2D eigenvalue weighted by molar-refractivity contribution is 14.0. The summed E-state index contributed by atoms with van der Waals surface area (Å²) in [6.45, 7) is 5.73. The number of benzene rings is 1. The number of carbonyl (C=O) groups excluding carboxylic acids is 1. The van der Waals surface area contributed by atoms with Gasteiger partial charge in [0.1, 0.15) is 0 Å². The van der Waals surface area contributed by atoms with Crippen molar-refractivity contribution < 1.29 is 9.32 Å². The summed E-state index contributed by atoms with van der Waals surface area (Å²) in [5.41, 5.74) is 0.826. The summed E-state index contributed by atoms with van der Waals surface area (Å²) in [6, 6.07) is 7.36. The first kappa shape index (κ1) is 24.4. The van der Waals surface area contributed by atoms with Crippen molar-refractivity contribution in [2.45, 2.75) is 32.6 Å². The van der Waals surface area contributed by atoms with Crippen molar-refractivity contribution >= 4 is 47.4 Å². The van der Waals surface area contributed by atoms with Crippen LogP contribution in [-0.4, -0.2) is 59.6 Å². The number of amides is 1. The number of likely N-dealkylation sites (tertiary alicyclic amines) is 1. The van der Waals surface area contributed by atoms with Gasteiger partial charge in [-0.1, -0.05) is 28.9 Å². The molecule has 1 aromatic heterocycles. The molecule has 0 spiro atoms. The molecule has 3 rings (SSSR count). The number of hydrogen-bond acceptors (Lipinski definition) is 5. The van der Waals surface area contributed by atoms with Crippen LogP contribution >= 0.6 is 35.6 Å². The average Bonchev–Trinajstić information content (AvgIpc) is 3.34. The van der Waals surface area contributed by atoms with Crippen LogP contribution in [0.25, 0.3) is 11.4 Å². The molecule has 30 heavy (non-hydrogen) atoms. The van der Waals surface area contributed by atoms with E-state index in [-0.39, 0.29) is 29.9 Å². The lowest BCUT2D eigenvalue weighted by atomic mass is 10.2. The topological polar surface area (TPSA) is 95.7 Å². The molecule has 1 saturated heterocycles. The van der Waals surface area contributed by atoms with E-state index in [0.717, 1.165) is 44.0 Å². The van der Waals surface area contributed by atoms with Crippen LogP contribution in [0.5, 0.6) is 0 Å². The number of guanidine groups is 1. The number of rotatable bonds is 9. The van der Waals surface area contributed by atoms with E-state index in [0.29, 0.717) is 42.7 Å². The van der Waals surface area contributed by atoms with E-state index in [9.17, 15) is 4.79 Å². The normalized spacial score (nSPS) is 14.0. The Morgan fingerprint density at radius 1 is 1.37 bits per heavy atom. The average molecular weight is 547 g/mol. The SMILES string of the molecule is CCNC(=NCCCN1CCCC1=O)NCCc1nc(-c2cccc(Cl)c2)no1.I. The van der Waals surface area contributed by atoms with Crippen LogP contribution in [0.15, 0.2) is 33.8 Å². The summed E-state index contributed by atoms with van der Waals surface area (Å²) in [5.74, 6) is 2.08. The Morgan fingerprint density at radius 2 is 2.23 bits per heavy atom. The van der Waals surface area contributed by atoms with Crippen molar-refractivity contribution in [2.75, 3.05) is 32.7 Å². The quantitative estimate of drug-likeness (QED) is 0.217. The molecule has 1 aliphatic rings. The highest BCUT2D eigenvalue weighted by Crippen LogP contribution is 2.19. The third kappa shape index (κ3) is 7.42. The minimum Gasteiger partial charge on any atom is -0.357 e. The predicted octanol–water partition coefficient (Wildman–Crippen LogP) is 3.12. The van der Waals surface area contributed by atoms with Gasteiger partial charge in [-0.3, -0.25) is 9.79 Å². The largest absolute Gasteiger partial charge is 0.357 e. The second-order valence-electron chi connectivity index (χ2n) is 6.80. The van der Waals surface area contributed by atoms with Gasteiger partial charge in [-0.25, -0.2) is 0 Å². The number of nitrogens with zero attached hydrogens (tertiary/aromatic N) is 4. The van der Waals surface area contributed by atoms with Crippen LogP contribution in [0, 0.1) is 0 Å². The zero-order chi connectivity index (χ0) is 20.5. The Hall–Kier alpha value is -1.88. The molecule has 2 N–H and O–H groups in total. The summed E-state index contributed by atoms with van der Waals surface area (Å²) in [6.07, 6.45) is 3.10. The van der Waals surface area contributed by atoms with Crippen LogP contribution in [0.3, 0.4) is 0 Å². The van der Waals surface area contributed by atoms with Crippen molar-refractivity contribution in [1.29, 1.82) is 0 Å². The standard InChI is InChI=1S/C20H27ClN6O2.HI/c1-2-22-20(23-10-5-13-27-12-4-8-18(27)28)24-11-9-17-25-19(26-29-17)15-6-3-7-16(21)14-15;/h3,6-7,14H,2,4-5,8-13H2,1H3,(H2,22,23,24);1H. The number of carbonyl (C=O) groups is 1. The Bertz CT molecular complexity index is 844. The minimum absolute atomic E-state index is 0. The van der Waals surface area contributed by atoms with Gasteiger partial charge in [0.15, 0.2) is 5.96 Å². The maximum atomic E-state index is 11.6. The third-order valence-electron chi connectivity index (χ3n) is 4.55. The first-order chi connectivity index (χ1) is 14.2. The van der Waals surface area contributed by atoms with E-state index in [1.165, 1.54) is 0 Å². The lowest BCUT2D eigenvalue weighted by Gasteiger charge is -2.15. The van der Waals surface area contributed by atoms with Gasteiger partial charge in [-0.2, -0.15) is 4.98 Å². The van der Waals surface area contributed by atoms with Gasteiger partial charge in [0.05, 0.1) is 0 Å². The maximum Gasteiger partial charge on any atom is 0.228 e. The smallest absolute Gasteiger partial charge is 0.228 e. The summed E-state index contributed by atoms with van der Waals surface area (Å²) < 4.78 is 5.32.